The number of alkyl halides is 1. The quantitative estimate of drug-likeness (QED) is 0.335. The van der Waals surface area contributed by atoms with E-state index in [1.54, 1.807) is 0 Å². The average molecular weight is 307 g/mol. The summed E-state index contributed by atoms with van der Waals surface area (Å²) in [5.74, 6) is 1.63. The SMILES string of the molecule is CO[Si](CCCCCCCl)(OC)C1CCCC(C)C1. The van der Waals surface area contributed by atoms with E-state index in [2.05, 4.69) is 6.92 Å². The molecule has 0 aromatic heterocycles. The Bertz CT molecular complexity index is 234. The molecular formula is C15H31ClO2Si. The van der Waals surface area contributed by atoms with Gasteiger partial charge in [-0.15, -0.1) is 11.6 Å². The monoisotopic (exact) mass is 306 g/mol. The first-order chi connectivity index (χ1) is 9.18. The highest BCUT2D eigenvalue weighted by Crippen LogP contribution is 2.42. The highest BCUT2D eigenvalue weighted by Gasteiger charge is 2.45. The van der Waals surface area contributed by atoms with Crippen LogP contribution in [0.15, 0.2) is 0 Å². The van der Waals surface area contributed by atoms with Gasteiger partial charge in [0.25, 0.3) is 0 Å². The van der Waals surface area contributed by atoms with Gasteiger partial charge in [-0.2, -0.15) is 0 Å². The Morgan fingerprint density at radius 3 is 2.32 bits per heavy atom. The lowest BCUT2D eigenvalue weighted by Gasteiger charge is -2.39. The van der Waals surface area contributed by atoms with Crippen molar-refractivity contribution in [1.82, 2.24) is 0 Å². The Kier molecular flexibility index (Phi) is 8.63. The Labute approximate surface area is 125 Å². The van der Waals surface area contributed by atoms with E-state index in [1.807, 2.05) is 14.2 Å². The lowest BCUT2D eigenvalue weighted by atomic mass is 9.90. The second-order valence-corrected chi connectivity index (χ2v) is 10.2. The van der Waals surface area contributed by atoms with Crippen molar-refractivity contribution in [3.63, 3.8) is 0 Å². The number of unbranched alkanes of at least 4 members (excludes halogenated alkanes) is 3. The molecule has 1 rings (SSSR count). The van der Waals surface area contributed by atoms with Gasteiger partial charge in [-0.3, -0.25) is 0 Å². The second-order valence-electron chi connectivity index (χ2n) is 6.04. The molecule has 0 aliphatic heterocycles. The highest BCUT2D eigenvalue weighted by molar-refractivity contribution is 6.69. The van der Waals surface area contributed by atoms with E-state index in [-0.39, 0.29) is 0 Å². The van der Waals surface area contributed by atoms with Crippen molar-refractivity contribution in [3.05, 3.63) is 0 Å². The van der Waals surface area contributed by atoms with Crippen LogP contribution < -0.4 is 0 Å². The van der Waals surface area contributed by atoms with Gasteiger partial charge >= 0.3 is 8.56 Å². The van der Waals surface area contributed by atoms with Crippen LogP contribution in [-0.4, -0.2) is 28.7 Å². The molecule has 2 nitrogen and oxygen atoms in total. The lowest BCUT2D eigenvalue weighted by Crippen LogP contribution is -2.46. The first-order valence-electron chi connectivity index (χ1n) is 7.84. The molecule has 0 aromatic carbocycles. The molecule has 1 aliphatic carbocycles. The molecule has 1 fully saturated rings. The summed E-state index contributed by atoms with van der Waals surface area (Å²) in [5.41, 5.74) is 0.694. The predicted molar refractivity (Wildman–Crippen MR) is 85.1 cm³/mol. The van der Waals surface area contributed by atoms with Crippen LogP contribution >= 0.6 is 11.6 Å². The Morgan fingerprint density at radius 1 is 1.05 bits per heavy atom. The van der Waals surface area contributed by atoms with E-state index in [4.69, 9.17) is 20.5 Å². The van der Waals surface area contributed by atoms with Crippen molar-refractivity contribution in [2.24, 2.45) is 5.92 Å². The van der Waals surface area contributed by atoms with Crippen LogP contribution in [0.1, 0.15) is 58.3 Å². The molecule has 0 heterocycles. The van der Waals surface area contributed by atoms with Crippen LogP contribution in [0.25, 0.3) is 0 Å². The molecule has 1 aliphatic rings. The molecule has 4 heteroatoms. The van der Waals surface area contributed by atoms with Crippen LogP contribution in [0.5, 0.6) is 0 Å². The first kappa shape index (κ1) is 17.5. The van der Waals surface area contributed by atoms with Gasteiger partial charge in [0.15, 0.2) is 0 Å². The van der Waals surface area contributed by atoms with Gasteiger partial charge < -0.3 is 8.85 Å². The molecule has 0 radical (unpaired) electrons. The Hall–Kier alpha value is 0.427. The molecule has 19 heavy (non-hydrogen) atoms. The smallest absolute Gasteiger partial charge is 0.340 e. The third-order valence-corrected chi connectivity index (χ3v) is 9.13. The van der Waals surface area contributed by atoms with Crippen molar-refractivity contribution in [2.45, 2.75) is 69.9 Å². The molecule has 2 unspecified atom stereocenters. The minimum atomic E-state index is -1.98. The fourth-order valence-corrected chi connectivity index (χ4v) is 7.46. The minimum absolute atomic E-state index is 0.694. The van der Waals surface area contributed by atoms with Gasteiger partial charge in [0.2, 0.25) is 0 Å². The number of halogens is 1. The third kappa shape index (κ3) is 5.37. The number of hydrogen-bond acceptors (Lipinski definition) is 2. The zero-order valence-corrected chi connectivity index (χ0v) is 14.7. The van der Waals surface area contributed by atoms with Gasteiger partial charge in [-0.05, 0) is 31.2 Å². The molecule has 0 bridgehead atoms. The van der Waals surface area contributed by atoms with Crippen LogP contribution in [0.3, 0.4) is 0 Å². The van der Waals surface area contributed by atoms with E-state index in [9.17, 15) is 0 Å². The van der Waals surface area contributed by atoms with Crippen molar-refractivity contribution >= 4 is 20.2 Å². The molecule has 0 amide bonds. The minimum Gasteiger partial charge on any atom is -0.397 e. The molecule has 0 spiro atoms. The molecule has 0 N–H and O–H groups in total. The standard InChI is InChI=1S/C15H31ClO2Si/c1-14-9-8-10-15(13-14)19(17-2,18-3)12-7-5-4-6-11-16/h14-15H,4-13H2,1-3H3. The maximum Gasteiger partial charge on any atom is 0.340 e. The summed E-state index contributed by atoms with van der Waals surface area (Å²) in [6, 6.07) is 1.15. The summed E-state index contributed by atoms with van der Waals surface area (Å²) >= 11 is 5.72. The molecule has 0 saturated heterocycles. The Balaban J connectivity index is 2.47. The number of hydrogen-bond donors (Lipinski definition) is 0. The summed E-state index contributed by atoms with van der Waals surface area (Å²) in [6.45, 7) is 2.37. The van der Waals surface area contributed by atoms with Gasteiger partial charge in [0.1, 0.15) is 0 Å². The van der Waals surface area contributed by atoms with Crippen molar-refractivity contribution in [2.75, 3.05) is 20.1 Å². The molecular weight excluding hydrogens is 276 g/mol. The second kappa shape index (κ2) is 9.38. The van der Waals surface area contributed by atoms with Crippen molar-refractivity contribution in [1.29, 1.82) is 0 Å². The zero-order chi connectivity index (χ0) is 14.1. The van der Waals surface area contributed by atoms with Crippen LogP contribution in [0, 0.1) is 5.92 Å². The van der Waals surface area contributed by atoms with Crippen LogP contribution in [-0.2, 0) is 8.85 Å². The van der Waals surface area contributed by atoms with Crippen LogP contribution in [0.4, 0.5) is 0 Å². The summed E-state index contributed by atoms with van der Waals surface area (Å²) in [4.78, 5) is 0. The normalized spacial score (nSPS) is 24.6. The van der Waals surface area contributed by atoms with E-state index < -0.39 is 8.56 Å². The zero-order valence-electron chi connectivity index (χ0n) is 12.9. The predicted octanol–water partition coefficient (Wildman–Crippen LogP) is 5.10. The average Bonchev–Trinajstić information content (AvgIpc) is 2.43. The molecule has 0 aromatic rings. The first-order valence-corrected chi connectivity index (χ1v) is 10.5. The highest BCUT2D eigenvalue weighted by atomic mass is 35.5. The molecule has 114 valence electrons. The fraction of sp³-hybridized carbons (Fsp3) is 1.00. The lowest BCUT2D eigenvalue weighted by molar-refractivity contribution is 0.205. The topological polar surface area (TPSA) is 18.5 Å². The van der Waals surface area contributed by atoms with E-state index in [0.29, 0.717) is 5.54 Å². The molecule has 1 saturated carbocycles. The maximum absolute atomic E-state index is 5.97. The van der Waals surface area contributed by atoms with Crippen molar-refractivity contribution in [3.8, 4) is 0 Å². The summed E-state index contributed by atoms with van der Waals surface area (Å²) < 4.78 is 11.9. The Morgan fingerprint density at radius 2 is 1.74 bits per heavy atom. The van der Waals surface area contributed by atoms with Gasteiger partial charge in [0, 0.05) is 25.6 Å². The number of rotatable bonds is 9. The largest absolute Gasteiger partial charge is 0.397 e. The summed E-state index contributed by atoms with van der Waals surface area (Å²) in [5, 5.41) is 0. The summed E-state index contributed by atoms with van der Waals surface area (Å²) in [7, 11) is 1.76. The van der Waals surface area contributed by atoms with Gasteiger partial charge in [-0.25, -0.2) is 0 Å². The van der Waals surface area contributed by atoms with Crippen LogP contribution in [0.2, 0.25) is 11.6 Å². The van der Waals surface area contributed by atoms with E-state index >= 15 is 0 Å². The fourth-order valence-electron chi connectivity index (χ4n) is 3.48. The third-order valence-electron chi connectivity index (χ3n) is 4.66. The van der Waals surface area contributed by atoms with E-state index in [0.717, 1.165) is 24.3 Å². The molecule has 2 atom stereocenters. The van der Waals surface area contributed by atoms with Crippen molar-refractivity contribution < 1.29 is 8.85 Å². The van der Waals surface area contributed by atoms with Gasteiger partial charge in [-0.1, -0.05) is 39.0 Å². The van der Waals surface area contributed by atoms with E-state index in [1.165, 1.54) is 44.9 Å². The summed E-state index contributed by atoms with van der Waals surface area (Å²) in [6.07, 6.45) is 10.2. The maximum atomic E-state index is 5.97. The van der Waals surface area contributed by atoms with Gasteiger partial charge in [0.05, 0.1) is 0 Å².